The van der Waals surface area contributed by atoms with E-state index in [-0.39, 0.29) is 0 Å². The molecular weight excluding hydrogens is 211 g/mol. The van der Waals surface area contributed by atoms with E-state index in [1.807, 2.05) is 0 Å². The van der Waals surface area contributed by atoms with Crippen LogP contribution in [-0.4, -0.2) is 4.43 Å². The summed E-state index contributed by atoms with van der Waals surface area (Å²) < 4.78 is 1.25. The average molecular weight is 224 g/mol. The minimum Gasteiger partial charge on any atom is -0.0885 e. The minimum atomic E-state index is 1.24. The highest BCUT2D eigenvalue weighted by Crippen LogP contribution is 1.93. The van der Waals surface area contributed by atoms with E-state index in [1.54, 1.807) is 0 Å². The van der Waals surface area contributed by atoms with Crippen molar-refractivity contribution in [2.45, 2.75) is 26.2 Å². The summed E-state index contributed by atoms with van der Waals surface area (Å²) in [6, 6.07) is 0. The molecule has 8 heavy (non-hydrogen) atoms. The number of unbranched alkanes of at least 4 members (excludes halogenated alkanes) is 1. The first kappa shape index (κ1) is 8.47. The van der Waals surface area contributed by atoms with Crippen LogP contribution < -0.4 is 0 Å². The standard InChI is InChI=1S/C7H13I/c1-2-3-4-5-6-7-8/h4-5H,2-3,6-7H2,1H3/b5-4-. The van der Waals surface area contributed by atoms with Crippen LogP contribution in [0.5, 0.6) is 0 Å². The van der Waals surface area contributed by atoms with E-state index < -0.39 is 0 Å². The molecule has 0 aliphatic carbocycles. The second kappa shape index (κ2) is 7.47. The first-order valence-corrected chi connectivity index (χ1v) is 4.65. The van der Waals surface area contributed by atoms with Crippen LogP contribution in [0.15, 0.2) is 12.2 Å². The molecule has 0 N–H and O–H groups in total. The van der Waals surface area contributed by atoms with Gasteiger partial charge in [-0.1, -0.05) is 48.1 Å². The number of hydrogen-bond acceptors (Lipinski definition) is 0. The van der Waals surface area contributed by atoms with Gasteiger partial charge in [-0.3, -0.25) is 0 Å². The van der Waals surface area contributed by atoms with E-state index in [2.05, 4.69) is 41.7 Å². The molecule has 0 atom stereocenters. The van der Waals surface area contributed by atoms with Crippen molar-refractivity contribution < 1.29 is 0 Å². The van der Waals surface area contributed by atoms with E-state index in [4.69, 9.17) is 0 Å². The molecule has 0 aromatic heterocycles. The van der Waals surface area contributed by atoms with Crippen LogP contribution in [0, 0.1) is 0 Å². The maximum atomic E-state index is 2.39. The van der Waals surface area contributed by atoms with Gasteiger partial charge >= 0.3 is 0 Å². The van der Waals surface area contributed by atoms with E-state index in [9.17, 15) is 0 Å². The van der Waals surface area contributed by atoms with Crippen molar-refractivity contribution in [3.05, 3.63) is 12.2 Å². The van der Waals surface area contributed by atoms with Crippen molar-refractivity contribution >= 4 is 22.6 Å². The Kier molecular flexibility index (Phi) is 7.91. The fraction of sp³-hybridized carbons (Fsp3) is 0.714. The van der Waals surface area contributed by atoms with Crippen LogP contribution >= 0.6 is 22.6 Å². The molecule has 0 saturated carbocycles. The molecule has 0 aliphatic heterocycles. The summed E-state index contributed by atoms with van der Waals surface area (Å²) in [5.41, 5.74) is 0. The largest absolute Gasteiger partial charge is 0.0885 e. The molecule has 0 spiro atoms. The highest BCUT2D eigenvalue weighted by atomic mass is 127. The molecule has 1 heteroatoms. The maximum Gasteiger partial charge on any atom is 0.00299 e. The van der Waals surface area contributed by atoms with Crippen LogP contribution in [0.4, 0.5) is 0 Å². The Bertz CT molecular complexity index is 49.4. The lowest BCUT2D eigenvalue weighted by atomic mass is 10.3. The predicted molar refractivity (Wildman–Crippen MR) is 47.6 cm³/mol. The van der Waals surface area contributed by atoms with Gasteiger partial charge in [0.05, 0.1) is 0 Å². The summed E-state index contributed by atoms with van der Waals surface area (Å²) in [6.07, 6.45) is 8.28. The van der Waals surface area contributed by atoms with E-state index in [1.165, 1.54) is 23.7 Å². The quantitative estimate of drug-likeness (QED) is 0.391. The SMILES string of the molecule is CCC/C=C\CCI. The maximum absolute atomic E-state index is 2.39. The van der Waals surface area contributed by atoms with Crippen molar-refractivity contribution in [3.8, 4) is 0 Å². The van der Waals surface area contributed by atoms with Crippen molar-refractivity contribution in [2.24, 2.45) is 0 Å². The molecule has 48 valence electrons. The molecule has 0 amide bonds. The zero-order chi connectivity index (χ0) is 6.24. The van der Waals surface area contributed by atoms with Crippen LogP contribution in [0.3, 0.4) is 0 Å². The van der Waals surface area contributed by atoms with E-state index in [0.29, 0.717) is 0 Å². The molecule has 0 saturated heterocycles. The Balaban J connectivity index is 2.83. The number of rotatable bonds is 4. The van der Waals surface area contributed by atoms with Crippen molar-refractivity contribution in [1.82, 2.24) is 0 Å². The molecule has 0 aliphatic rings. The van der Waals surface area contributed by atoms with Crippen molar-refractivity contribution in [3.63, 3.8) is 0 Å². The second-order valence-corrected chi connectivity index (χ2v) is 2.82. The first-order valence-electron chi connectivity index (χ1n) is 3.12. The van der Waals surface area contributed by atoms with E-state index >= 15 is 0 Å². The Morgan fingerprint density at radius 1 is 1.25 bits per heavy atom. The summed E-state index contributed by atoms with van der Waals surface area (Å²) in [7, 11) is 0. The third kappa shape index (κ3) is 6.47. The van der Waals surface area contributed by atoms with Gasteiger partial charge < -0.3 is 0 Å². The Morgan fingerprint density at radius 3 is 2.38 bits per heavy atom. The highest BCUT2D eigenvalue weighted by molar-refractivity contribution is 14.1. The Morgan fingerprint density at radius 2 is 1.88 bits per heavy atom. The molecule has 0 bridgehead atoms. The summed E-state index contributed by atoms with van der Waals surface area (Å²) in [6.45, 7) is 2.20. The molecule has 0 rings (SSSR count). The van der Waals surface area contributed by atoms with Gasteiger partial charge in [0, 0.05) is 4.43 Å². The fourth-order valence-corrected chi connectivity index (χ4v) is 0.825. The number of allylic oxidation sites excluding steroid dienone is 2. The van der Waals surface area contributed by atoms with Gasteiger partial charge in [0.1, 0.15) is 0 Å². The minimum absolute atomic E-state index is 1.24. The fourth-order valence-electron chi connectivity index (χ4n) is 0.465. The Hall–Kier alpha value is 0.470. The topological polar surface area (TPSA) is 0 Å². The van der Waals surface area contributed by atoms with Gasteiger partial charge in [-0.05, 0) is 12.8 Å². The molecule has 0 radical (unpaired) electrons. The molecular formula is C7H13I. The summed E-state index contributed by atoms with van der Waals surface area (Å²) >= 11 is 2.39. The van der Waals surface area contributed by atoms with E-state index in [0.717, 1.165) is 0 Å². The monoisotopic (exact) mass is 224 g/mol. The third-order valence-electron chi connectivity index (χ3n) is 0.898. The van der Waals surface area contributed by atoms with Crippen LogP contribution in [-0.2, 0) is 0 Å². The normalized spacial score (nSPS) is 10.8. The zero-order valence-corrected chi connectivity index (χ0v) is 7.52. The highest BCUT2D eigenvalue weighted by Gasteiger charge is 1.72. The van der Waals surface area contributed by atoms with Gasteiger partial charge in [-0.15, -0.1) is 0 Å². The summed E-state index contributed by atoms with van der Waals surface area (Å²) in [4.78, 5) is 0. The Labute approximate surface area is 65.5 Å². The second-order valence-electron chi connectivity index (χ2n) is 1.74. The number of halogens is 1. The molecule has 0 aromatic carbocycles. The van der Waals surface area contributed by atoms with Gasteiger partial charge in [0.2, 0.25) is 0 Å². The van der Waals surface area contributed by atoms with Crippen molar-refractivity contribution in [1.29, 1.82) is 0 Å². The van der Waals surface area contributed by atoms with Gasteiger partial charge in [0.15, 0.2) is 0 Å². The zero-order valence-electron chi connectivity index (χ0n) is 5.36. The van der Waals surface area contributed by atoms with Crippen LogP contribution in [0.1, 0.15) is 26.2 Å². The van der Waals surface area contributed by atoms with Crippen molar-refractivity contribution in [2.75, 3.05) is 4.43 Å². The van der Waals surface area contributed by atoms with Crippen LogP contribution in [0.25, 0.3) is 0 Å². The molecule has 0 aromatic rings. The molecule has 0 unspecified atom stereocenters. The number of alkyl halides is 1. The first-order chi connectivity index (χ1) is 3.91. The lowest BCUT2D eigenvalue weighted by molar-refractivity contribution is 0.953. The van der Waals surface area contributed by atoms with Gasteiger partial charge in [0.25, 0.3) is 0 Å². The third-order valence-corrected chi connectivity index (χ3v) is 1.52. The molecule has 0 heterocycles. The van der Waals surface area contributed by atoms with Crippen LogP contribution in [0.2, 0.25) is 0 Å². The molecule has 0 fully saturated rings. The predicted octanol–water partition coefficient (Wildman–Crippen LogP) is 3.17. The number of hydrogen-bond donors (Lipinski definition) is 0. The lowest BCUT2D eigenvalue weighted by Gasteiger charge is -1.82. The lowest BCUT2D eigenvalue weighted by Crippen LogP contribution is -1.65. The average Bonchev–Trinajstić information content (AvgIpc) is 1.81. The molecule has 0 nitrogen and oxygen atoms in total. The summed E-state index contributed by atoms with van der Waals surface area (Å²) in [5.74, 6) is 0. The smallest absolute Gasteiger partial charge is 0.00299 e. The van der Waals surface area contributed by atoms with Gasteiger partial charge in [-0.2, -0.15) is 0 Å². The summed E-state index contributed by atoms with van der Waals surface area (Å²) in [5, 5.41) is 0. The van der Waals surface area contributed by atoms with Gasteiger partial charge in [-0.25, -0.2) is 0 Å².